The topological polar surface area (TPSA) is 66.9 Å². The van der Waals surface area contributed by atoms with Gasteiger partial charge in [0.2, 0.25) is 5.91 Å². The van der Waals surface area contributed by atoms with Crippen molar-refractivity contribution >= 4 is 32.7 Å². The summed E-state index contributed by atoms with van der Waals surface area (Å²) in [6, 6.07) is 11.2. The molecule has 118 valence electrons. The Kier molecular flexibility index (Phi) is 4.62. The first kappa shape index (κ1) is 15.6. The number of nitrogens with one attached hydrogen (secondary N) is 2. The summed E-state index contributed by atoms with van der Waals surface area (Å²) in [6.45, 7) is 0.551. The van der Waals surface area contributed by atoms with Crippen molar-refractivity contribution in [1.29, 1.82) is 0 Å². The van der Waals surface area contributed by atoms with Crippen LogP contribution in [0.1, 0.15) is 5.56 Å². The van der Waals surface area contributed by atoms with Crippen molar-refractivity contribution in [2.75, 3.05) is 6.54 Å². The van der Waals surface area contributed by atoms with Crippen molar-refractivity contribution in [3.05, 3.63) is 69.2 Å². The molecule has 0 bridgehead atoms. The number of H-pyrrole nitrogens is 1. The monoisotopic (exact) mass is 373 g/mol. The summed E-state index contributed by atoms with van der Waals surface area (Å²) in [4.78, 5) is 26.9. The molecule has 0 unspecified atom stereocenters. The number of halogens is 1. The molecule has 0 aliphatic carbocycles. The maximum Gasteiger partial charge on any atom is 0.251 e. The minimum Gasteiger partial charge on any atom is -0.361 e. The summed E-state index contributed by atoms with van der Waals surface area (Å²) in [5, 5.41) is 4.02. The first-order valence-corrected chi connectivity index (χ1v) is 8.10. The van der Waals surface area contributed by atoms with E-state index in [0.29, 0.717) is 6.54 Å². The van der Waals surface area contributed by atoms with Crippen LogP contribution in [0.2, 0.25) is 0 Å². The Labute approximate surface area is 141 Å². The van der Waals surface area contributed by atoms with E-state index in [9.17, 15) is 9.59 Å². The molecule has 0 radical (unpaired) electrons. The number of carbonyl (C=O) groups excluding carboxylic acids is 1. The van der Waals surface area contributed by atoms with E-state index < -0.39 is 0 Å². The van der Waals surface area contributed by atoms with Crippen molar-refractivity contribution in [2.24, 2.45) is 0 Å². The van der Waals surface area contributed by atoms with E-state index in [-0.39, 0.29) is 18.0 Å². The fourth-order valence-corrected chi connectivity index (χ4v) is 2.89. The van der Waals surface area contributed by atoms with Gasteiger partial charge in [-0.25, -0.2) is 0 Å². The van der Waals surface area contributed by atoms with E-state index in [1.165, 1.54) is 21.6 Å². The highest BCUT2D eigenvalue weighted by Gasteiger charge is 2.06. The van der Waals surface area contributed by atoms with Crippen molar-refractivity contribution < 1.29 is 4.79 Å². The highest BCUT2D eigenvalue weighted by atomic mass is 79.9. The fraction of sp³-hybridized carbons (Fsp3) is 0.176. The molecular formula is C17H16BrN3O2. The lowest BCUT2D eigenvalue weighted by Gasteiger charge is -2.07. The molecule has 3 aromatic rings. The molecule has 2 aromatic heterocycles. The first-order chi connectivity index (χ1) is 11.1. The normalized spacial score (nSPS) is 10.8. The minimum atomic E-state index is -0.194. The maximum absolute atomic E-state index is 12.0. The van der Waals surface area contributed by atoms with Crippen LogP contribution in [0.15, 0.2) is 58.1 Å². The third-order valence-electron chi connectivity index (χ3n) is 3.65. The number of hydrogen-bond acceptors (Lipinski definition) is 2. The second kappa shape index (κ2) is 6.83. The van der Waals surface area contributed by atoms with Crippen LogP contribution in [-0.2, 0) is 17.8 Å². The van der Waals surface area contributed by atoms with E-state index in [4.69, 9.17) is 0 Å². The number of rotatable bonds is 5. The highest BCUT2D eigenvalue weighted by molar-refractivity contribution is 9.10. The van der Waals surface area contributed by atoms with Crippen molar-refractivity contribution in [1.82, 2.24) is 14.9 Å². The second-order valence-corrected chi connectivity index (χ2v) is 6.19. The molecule has 0 saturated carbocycles. The zero-order valence-corrected chi connectivity index (χ0v) is 14.0. The average molecular weight is 374 g/mol. The van der Waals surface area contributed by atoms with Crippen LogP contribution in [-0.4, -0.2) is 22.0 Å². The predicted octanol–water partition coefficient (Wildman–Crippen LogP) is 2.45. The summed E-state index contributed by atoms with van der Waals surface area (Å²) >= 11 is 3.29. The molecule has 0 fully saturated rings. The SMILES string of the molecule is O=C(Cn1cc(Br)ccc1=O)NCCc1c[nH]c2ccccc12. The summed E-state index contributed by atoms with van der Waals surface area (Å²) in [5.41, 5.74) is 2.06. The number of pyridine rings is 1. The Morgan fingerprint density at radius 3 is 2.91 bits per heavy atom. The molecule has 0 atom stereocenters. The molecule has 1 amide bonds. The number of amides is 1. The number of fused-ring (bicyclic) bond motifs is 1. The predicted molar refractivity (Wildman–Crippen MR) is 93.4 cm³/mol. The van der Waals surface area contributed by atoms with Crippen molar-refractivity contribution in [3.8, 4) is 0 Å². The molecule has 0 aliphatic heterocycles. The molecule has 23 heavy (non-hydrogen) atoms. The Morgan fingerprint density at radius 1 is 1.22 bits per heavy atom. The van der Waals surface area contributed by atoms with Crippen molar-refractivity contribution in [2.45, 2.75) is 13.0 Å². The van der Waals surface area contributed by atoms with Crippen LogP contribution >= 0.6 is 15.9 Å². The second-order valence-electron chi connectivity index (χ2n) is 5.27. The maximum atomic E-state index is 12.0. The number of para-hydroxylation sites is 1. The highest BCUT2D eigenvalue weighted by Crippen LogP contribution is 2.17. The van der Waals surface area contributed by atoms with Crippen LogP contribution in [0.5, 0.6) is 0 Å². The Bertz CT molecular complexity index is 898. The number of hydrogen-bond donors (Lipinski definition) is 2. The Balaban J connectivity index is 1.57. The van der Waals surface area contributed by atoms with Gasteiger partial charge in [-0.1, -0.05) is 18.2 Å². The minimum absolute atomic E-state index is 0.0200. The summed E-state index contributed by atoms with van der Waals surface area (Å²) in [7, 11) is 0. The Morgan fingerprint density at radius 2 is 2.04 bits per heavy atom. The molecule has 3 rings (SSSR count). The van der Waals surface area contributed by atoms with Gasteiger partial charge in [0, 0.05) is 40.4 Å². The summed E-state index contributed by atoms with van der Waals surface area (Å²) in [5.74, 6) is -0.176. The smallest absolute Gasteiger partial charge is 0.251 e. The van der Waals surface area contributed by atoms with Crippen molar-refractivity contribution in [3.63, 3.8) is 0 Å². The molecule has 0 spiro atoms. The molecule has 2 N–H and O–H groups in total. The molecule has 0 aliphatic rings. The van der Waals surface area contributed by atoms with Gasteiger partial charge >= 0.3 is 0 Å². The third-order valence-corrected chi connectivity index (χ3v) is 4.12. The van der Waals surface area contributed by atoms with Gasteiger partial charge in [-0.05, 0) is 40.0 Å². The number of aromatic nitrogens is 2. The lowest BCUT2D eigenvalue weighted by atomic mass is 10.1. The van der Waals surface area contributed by atoms with Crippen LogP contribution in [0, 0.1) is 0 Å². The summed E-state index contributed by atoms with van der Waals surface area (Å²) < 4.78 is 2.15. The molecule has 1 aromatic carbocycles. The van der Waals surface area contributed by atoms with Crippen LogP contribution in [0.25, 0.3) is 10.9 Å². The van der Waals surface area contributed by atoms with E-state index in [1.807, 2.05) is 24.4 Å². The molecular weight excluding hydrogens is 358 g/mol. The molecule has 2 heterocycles. The van der Waals surface area contributed by atoms with E-state index >= 15 is 0 Å². The van der Waals surface area contributed by atoms with Crippen LogP contribution in [0.3, 0.4) is 0 Å². The average Bonchev–Trinajstić information content (AvgIpc) is 2.94. The van der Waals surface area contributed by atoms with Gasteiger partial charge in [0.05, 0.1) is 0 Å². The van der Waals surface area contributed by atoms with Gasteiger partial charge < -0.3 is 14.9 Å². The standard InChI is InChI=1S/C17H16BrN3O2/c18-13-5-6-17(23)21(10-13)11-16(22)19-8-7-12-9-20-15-4-2-1-3-14(12)15/h1-6,9-10,20H,7-8,11H2,(H,19,22). The van der Waals surface area contributed by atoms with Crippen LogP contribution < -0.4 is 10.9 Å². The van der Waals surface area contributed by atoms with Gasteiger partial charge in [-0.3, -0.25) is 9.59 Å². The fourth-order valence-electron chi connectivity index (χ4n) is 2.51. The number of aromatic amines is 1. The van der Waals surface area contributed by atoms with Gasteiger partial charge in [-0.2, -0.15) is 0 Å². The number of benzene rings is 1. The van der Waals surface area contributed by atoms with E-state index in [0.717, 1.165) is 16.4 Å². The first-order valence-electron chi connectivity index (χ1n) is 7.31. The Hall–Kier alpha value is -2.34. The number of nitrogens with zero attached hydrogens (tertiary/aromatic N) is 1. The molecule has 0 saturated heterocycles. The van der Waals surface area contributed by atoms with Gasteiger partial charge in [0.25, 0.3) is 5.56 Å². The van der Waals surface area contributed by atoms with Gasteiger partial charge in [0.1, 0.15) is 6.54 Å². The third kappa shape index (κ3) is 3.71. The number of carbonyl (C=O) groups is 1. The van der Waals surface area contributed by atoms with Gasteiger partial charge in [-0.15, -0.1) is 0 Å². The molecule has 6 heteroatoms. The zero-order valence-electron chi connectivity index (χ0n) is 12.4. The van der Waals surface area contributed by atoms with E-state index in [2.05, 4.69) is 32.3 Å². The lowest BCUT2D eigenvalue weighted by Crippen LogP contribution is -2.32. The largest absolute Gasteiger partial charge is 0.361 e. The lowest BCUT2D eigenvalue weighted by molar-refractivity contribution is -0.121. The van der Waals surface area contributed by atoms with Crippen LogP contribution in [0.4, 0.5) is 0 Å². The van der Waals surface area contributed by atoms with Gasteiger partial charge in [0.15, 0.2) is 0 Å². The quantitative estimate of drug-likeness (QED) is 0.721. The van der Waals surface area contributed by atoms with E-state index in [1.54, 1.807) is 12.3 Å². The molecule has 5 nitrogen and oxygen atoms in total. The zero-order chi connectivity index (χ0) is 16.2. The summed E-state index contributed by atoms with van der Waals surface area (Å²) in [6.07, 6.45) is 4.32.